The second-order valence-electron chi connectivity index (χ2n) is 4.68. The number of benzene rings is 1. The summed E-state index contributed by atoms with van der Waals surface area (Å²) in [6.45, 7) is 0.950. The highest BCUT2D eigenvalue weighted by molar-refractivity contribution is 5.59. The smallest absolute Gasteiger partial charge is 0.162 e. The minimum absolute atomic E-state index is 0.575. The van der Waals surface area contributed by atoms with Gasteiger partial charge >= 0.3 is 0 Å². The average Bonchev–Trinajstić information content (AvgIpc) is 2.86. The first-order valence-corrected chi connectivity index (χ1v) is 6.47. The molecule has 1 aromatic carbocycles. The summed E-state index contributed by atoms with van der Waals surface area (Å²) in [6.07, 6.45) is 3.24. The highest BCUT2D eigenvalue weighted by atomic mass is 16.5. The molecule has 4 nitrogen and oxygen atoms in total. The Hall–Kier alpha value is -2.28. The SMILES string of the molecule is COc1ccc(-c2nc(C#N)c3n2CCCC3)cc1. The van der Waals surface area contributed by atoms with Crippen molar-refractivity contribution in [2.75, 3.05) is 7.11 Å². The summed E-state index contributed by atoms with van der Waals surface area (Å²) in [5, 5.41) is 9.19. The molecule has 0 N–H and O–H groups in total. The van der Waals surface area contributed by atoms with Gasteiger partial charge in [-0.1, -0.05) is 0 Å². The summed E-state index contributed by atoms with van der Waals surface area (Å²) in [6, 6.07) is 10.0. The quantitative estimate of drug-likeness (QED) is 0.827. The molecule has 2 heterocycles. The molecular formula is C15H15N3O. The minimum atomic E-state index is 0.575. The Morgan fingerprint density at radius 3 is 2.74 bits per heavy atom. The van der Waals surface area contributed by atoms with E-state index in [1.165, 1.54) is 0 Å². The van der Waals surface area contributed by atoms with Crippen LogP contribution in [0.25, 0.3) is 11.4 Å². The van der Waals surface area contributed by atoms with Crippen LogP contribution in [0.2, 0.25) is 0 Å². The lowest BCUT2D eigenvalue weighted by Gasteiger charge is -2.16. The fourth-order valence-electron chi connectivity index (χ4n) is 2.59. The highest BCUT2D eigenvalue weighted by Crippen LogP contribution is 2.28. The molecule has 1 aromatic heterocycles. The van der Waals surface area contributed by atoms with Gasteiger partial charge in [-0.2, -0.15) is 5.26 Å². The Morgan fingerprint density at radius 2 is 2.05 bits per heavy atom. The Labute approximate surface area is 112 Å². The van der Waals surface area contributed by atoms with E-state index in [2.05, 4.69) is 15.6 Å². The number of hydrogen-bond acceptors (Lipinski definition) is 3. The van der Waals surface area contributed by atoms with Crippen LogP contribution in [0.1, 0.15) is 24.2 Å². The van der Waals surface area contributed by atoms with E-state index in [-0.39, 0.29) is 0 Å². The van der Waals surface area contributed by atoms with Gasteiger partial charge in [0.1, 0.15) is 17.6 Å². The molecule has 0 saturated carbocycles. The predicted molar refractivity (Wildman–Crippen MR) is 71.9 cm³/mol. The van der Waals surface area contributed by atoms with E-state index >= 15 is 0 Å². The topological polar surface area (TPSA) is 50.8 Å². The van der Waals surface area contributed by atoms with Gasteiger partial charge in [0.15, 0.2) is 5.69 Å². The van der Waals surface area contributed by atoms with Crippen molar-refractivity contribution in [2.24, 2.45) is 0 Å². The Balaban J connectivity index is 2.09. The number of nitrogens with zero attached hydrogens (tertiary/aromatic N) is 3. The first-order valence-electron chi connectivity index (χ1n) is 6.47. The van der Waals surface area contributed by atoms with Crippen LogP contribution in [0.15, 0.2) is 24.3 Å². The lowest BCUT2D eigenvalue weighted by molar-refractivity contribution is 0.415. The maximum Gasteiger partial charge on any atom is 0.162 e. The van der Waals surface area contributed by atoms with Crippen molar-refractivity contribution in [1.29, 1.82) is 5.26 Å². The number of imidazole rings is 1. The fourth-order valence-corrected chi connectivity index (χ4v) is 2.59. The molecule has 2 aromatic rings. The van der Waals surface area contributed by atoms with E-state index in [1.807, 2.05) is 24.3 Å². The van der Waals surface area contributed by atoms with Crippen LogP contribution in [-0.4, -0.2) is 16.7 Å². The standard InChI is InChI=1S/C15H15N3O/c1-19-12-7-5-11(6-8-12)15-17-13(10-16)14-4-2-3-9-18(14)15/h5-8H,2-4,9H2,1H3. The van der Waals surface area contributed by atoms with Gasteiger partial charge in [0, 0.05) is 12.1 Å². The molecule has 1 aliphatic heterocycles. The number of hydrogen-bond donors (Lipinski definition) is 0. The van der Waals surface area contributed by atoms with E-state index in [1.54, 1.807) is 7.11 Å². The van der Waals surface area contributed by atoms with Crippen LogP contribution in [0.4, 0.5) is 0 Å². The van der Waals surface area contributed by atoms with E-state index in [0.717, 1.165) is 48.6 Å². The largest absolute Gasteiger partial charge is 0.497 e. The maximum absolute atomic E-state index is 9.19. The maximum atomic E-state index is 9.19. The summed E-state index contributed by atoms with van der Waals surface area (Å²) in [4.78, 5) is 4.50. The fraction of sp³-hybridized carbons (Fsp3) is 0.333. The number of aromatic nitrogens is 2. The van der Waals surface area contributed by atoms with Crippen molar-refractivity contribution in [3.63, 3.8) is 0 Å². The molecule has 0 bridgehead atoms. The highest BCUT2D eigenvalue weighted by Gasteiger charge is 2.20. The molecule has 0 amide bonds. The molecule has 0 saturated heterocycles. The summed E-state index contributed by atoms with van der Waals surface area (Å²) in [7, 11) is 1.65. The summed E-state index contributed by atoms with van der Waals surface area (Å²) < 4.78 is 7.35. The van der Waals surface area contributed by atoms with Crippen LogP contribution >= 0.6 is 0 Å². The molecule has 0 unspecified atom stereocenters. The molecule has 0 aliphatic carbocycles. The normalized spacial score (nSPS) is 13.7. The molecule has 0 spiro atoms. The molecule has 19 heavy (non-hydrogen) atoms. The summed E-state index contributed by atoms with van der Waals surface area (Å²) in [5.74, 6) is 1.73. The van der Waals surface area contributed by atoms with E-state index in [9.17, 15) is 5.26 Å². The molecule has 3 rings (SSSR count). The van der Waals surface area contributed by atoms with Gasteiger partial charge in [0.2, 0.25) is 0 Å². The Bertz CT molecular complexity index is 635. The lowest BCUT2D eigenvalue weighted by Crippen LogP contribution is -2.11. The second kappa shape index (κ2) is 4.77. The van der Waals surface area contributed by atoms with Gasteiger partial charge in [-0.05, 0) is 43.5 Å². The molecule has 4 heteroatoms. The second-order valence-corrected chi connectivity index (χ2v) is 4.68. The van der Waals surface area contributed by atoms with Crippen LogP contribution in [0.5, 0.6) is 5.75 Å². The third-order valence-electron chi connectivity index (χ3n) is 3.57. The number of nitriles is 1. The Morgan fingerprint density at radius 1 is 1.26 bits per heavy atom. The zero-order valence-corrected chi connectivity index (χ0v) is 10.9. The van der Waals surface area contributed by atoms with Crippen molar-refractivity contribution in [3.05, 3.63) is 35.7 Å². The van der Waals surface area contributed by atoms with Crippen LogP contribution in [-0.2, 0) is 13.0 Å². The van der Waals surface area contributed by atoms with Gasteiger partial charge in [-0.15, -0.1) is 0 Å². The van der Waals surface area contributed by atoms with Crippen molar-refractivity contribution in [1.82, 2.24) is 9.55 Å². The zero-order valence-electron chi connectivity index (χ0n) is 10.9. The van der Waals surface area contributed by atoms with Gasteiger partial charge in [0.25, 0.3) is 0 Å². The first kappa shape index (κ1) is 11.8. The number of rotatable bonds is 2. The molecule has 0 fully saturated rings. The van der Waals surface area contributed by atoms with Crippen LogP contribution < -0.4 is 4.74 Å². The summed E-state index contributed by atoms with van der Waals surface area (Å²) in [5.41, 5.74) is 2.69. The predicted octanol–water partition coefficient (Wildman–Crippen LogP) is 2.77. The van der Waals surface area contributed by atoms with Crippen LogP contribution in [0.3, 0.4) is 0 Å². The third kappa shape index (κ3) is 1.97. The number of ether oxygens (including phenoxy) is 1. The lowest BCUT2D eigenvalue weighted by atomic mass is 10.1. The molecular weight excluding hydrogens is 238 g/mol. The average molecular weight is 253 g/mol. The molecule has 0 radical (unpaired) electrons. The van der Waals surface area contributed by atoms with E-state index in [0.29, 0.717) is 5.69 Å². The number of methoxy groups -OCH3 is 1. The monoisotopic (exact) mass is 253 g/mol. The van der Waals surface area contributed by atoms with Crippen molar-refractivity contribution >= 4 is 0 Å². The van der Waals surface area contributed by atoms with E-state index < -0.39 is 0 Å². The third-order valence-corrected chi connectivity index (χ3v) is 3.57. The van der Waals surface area contributed by atoms with Gasteiger partial charge in [-0.25, -0.2) is 4.98 Å². The van der Waals surface area contributed by atoms with Crippen LogP contribution in [0, 0.1) is 11.3 Å². The van der Waals surface area contributed by atoms with E-state index in [4.69, 9.17) is 4.74 Å². The van der Waals surface area contributed by atoms with Gasteiger partial charge in [0.05, 0.1) is 12.8 Å². The van der Waals surface area contributed by atoms with Crippen molar-refractivity contribution in [2.45, 2.75) is 25.8 Å². The first-order chi connectivity index (χ1) is 9.33. The van der Waals surface area contributed by atoms with Crippen molar-refractivity contribution in [3.8, 4) is 23.2 Å². The van der Waals surface area contributed by atoms with Gasteiger partial charge < -0.3 is 9.30 Å². The number of fused-ring (bicyclic) bond motifs is 1. The van der Waals surface area contributed by atoms with Gasteiger partial charge in [-0.3, -0.25) is 0 Å². The molecule has 1 aliphatic rings. The molecule has 96 valence electrons. The minimum Gasteiger partial charge on any atom is -0.497 e. The summed E-state index contributed by atoms with van der Waals surface area (Å²) >= 11 is 0. The molecule has 0 atom stereocenters. The van der Waals surface area contributed by atoms with Crippen molar-refractivity contribution < 1.29 is 4.74 Å². The Kier molecular flexibility index (Phi) is 2.96. The zero-order chi connectivity index (χ0) is 13.2.